The number of nitrogens with zero attached hydrogens (tertiary/aromatic N) is 1. The Balaban J connectivity index is 2.12. The Morgan fingerprint density at radius 2 is 2.09 bits per heavy atom. The van der Waals surface area contributed by atoms with Gasteiger partial charge < -0.3 is 20.4 Å². The van der Waals surface area contributed by atoms with Gasteiger partial charge in [0.15, 0.2) is 0 Å². The smallest absolute Gasteiger partial charge is 0.407 e. The zero-order chi connectivity index (χ0) is 16.3. The number of carbonyl (C=O) groups is 1. The summed E-state index contributed by atoms with van der Waals surface area (Å²) in [6.07, 6.45) is 1.62. The number of aryl methyl sites for hydroxylation is 1. The van der Waals surface area contributed by atoms with E-state index in [1.165, 1.54) is 5.39 Å². The molecule has 1 unspecified atom stereocenters. The second-order valence-electron chi connectivity index (χ2n) is 6.52. The van der Waals surface area contributed by atoms with Crippen molar-refractivity contribution in [1.82, 2.24) is 9.88 Å². The van der Waals surface area contributed by atoms with Crippen molar-refractivity contribution in [1.29, 1.82) is 0 Å². The minimum Gasteiger partial charge on any atom is -0.444 e. The Labute approximate surface area is 131 Å². The Bertz CT molecular complexity index is 655. The van der Waals surface area contributed by atoms with Crippen LogP contribution in [0.5, 0.6) is 0 Å². The average Bonchev–Trinajstić information content (AvgIpc) is 2.80. The number of nitrogens with one attached hydrogen (secondary N) is 1. The van der Waals surface area contributed by atoms with Crippen LogP contribution in [-0.4, -0.2) is 29.4 Å². The number of rotatable bonds is 4. The van der Waals surface area contributed by atoms with Gasteiger partial charge in [0, 0.05) is 43.2 Å². The average molecular weight is 303 g/mol. The molecule has 0 saturated heterocycles. The molecule has 0 aliphatic rings. The fraction of sp³-hybridized carbons (Fsp3) is 0.471. The van der Waals surface area contributed by atoms with Gasteiger partial charge in [0.2, 0.25) is 0 Å². The quantitative estimate of drug-likeness (QED) is 0.912. The van der Waals surface area contributed by atoms with Crippen molar-refractivity contribution in [3.8, 4) is 0 Å². The number of carbonyl (C=O) groups excluding carboxylic acids is 1. The summed E-state index contributed by atoms with van der Waals surface area (Å²) in [4.78, 5) is 11.8. The molecule has 1 atom stereocenters. The molecule has 0 radical (unpaired) electrons. The van der Waals surface area contributed by atoms with Gasteiger partial charge in [-0.2, -0.15) is 0 Å². The van der Waals surface area contributed by atoms with Crippen LogP contribution in [0, 0.1) is 0 Å². The van der Waals surface area contributed by atoms with Crippen molar-refractivity contribution in [2.75, 3.05) is 13.1 Å². The van der Waals surface area contributed by atoms with Crippen LogP contribution in [0.15, 0.2) is 30.5 Å². The van der Waals surface area contributed by atoms with Crippen molar-refractivity contribution in [3.63, 3.8) is 0 Å². The fourth-order valence-electron chi connectivity index (χ4n) is 2.52. The molecular formula is C17H25N3O2. The van der Waals surface area contributed by atoms with Crippen molar-refractivity contribution in [2.45, 2.75) is 32.3 Å². The molecule has 0 fully saturated rings. The lowest BCUT2D eigenvalue weighted by Gasteiger charge is -2.22. The van der Waals surface area contributed by atoms with Gasteiger partial charge in [-0.25, -0.2) is 4.79 Å². The number of ether oxygens (including phenoxy) is 1. The number of aromatic nitrogens is 1. The highest BCUT2D eigenvalue weighted by molar-refractivity contribution is 5.84. The number of hydrogen-bond donors (Lipinski definition) is 2. The third-order valence-corrected chi connectivity index (χ3v) is 3.58. The highest BCUT2D eigenvalue weighted by atomic mass is 16.6. The second-order valence-corrected chi connectivity index (χ2v) is 6.52. The molecule has 3 N–H and O–H groups in total. The highest BCUT2D eigenvalue weighted by Gasteiger charge is 2.19. The lowest BCUT2D eigenvalue weighted by Crippen LogP contribution is -2.36. The summed E-state index contributed by atoms with van der Waals surface area (Å²) in [5.74, 6) is 0.0543. The van der Waals surface area contributed by atoms with Crippen LogP contribution in [0.1, 0.15) is 32.3 Å². The first-order valence-corrected chi connectivity index (χ1v) is 7.52. The molecule has 5 heteroatoms. The van der Waals surface area contributed by atoms with Gasteiger partial charge in [-0.05, 0) is 38.5 Å². The SMILES string of the molecule is Cn1ccc2c(C(CN)CNC(=O)OC(C)(C)C)cccc21. The molecule has 120 valence electrons. The van der Waals surface area contributed by atoms with E-state index < -0.39 is 11.7 Å². The fourth-order valence-corrected chi connectivity index (χ4v) is 2.52. The number of benzene rings is 1. The Hall–Kier alpha value is -2.01. The van der Waals surface area contributed by atoms with Crippen LogP contribution in [0.25, 0.3) is 10.9 Å². The number of alkyl carbamates (subject to hydrolysis) is 1. The molecule has 0 saturated carbocycles. The van der Waals surface area contributed by atoms with Crippen molar-refractivity contribution in [3.05, 3.63) is 36.0 Å². The summed E-state index contributed by atoms with van der Waals surface area (Å²) < 4.78 is 7.34. The first-order chi connectivity index (χ1) is 10.3. The molecule has 5 nitrogen and oxygen atoms in total. The van der Waals surface area contributed by atoms with Crippen LogP contribution < -0.4 is 11.1 Å². The van der Waals surface area contributed by atoms with Gasteiger partial charge in [0.25, 0.3) is 0 Å². The summed E-state index contributed by atoms with van der Waals surface area (Å²) >= 11 is 0. The van der Waals surface area contributed by atoms with Gasteiger partial charge in [0.05, 0.1) is 0 Å². The largest absolute Gasteiger partial charge is 0.444 e. The molecule has 22 heavy (non-hydrogen) atoms. The molecule has 0 spiro atoms. The molecule has 2 rings (SSSR count). The first-order valence-electron chi connectivity index (χ1n) is 7.52. The van der Waals surface area contributed by atoms with E-state index in [9.17, 15) is 4.79 Å². The molecule has 0 bridgehead atoms. The van der Waals surface area contributed by atoms with Gasteiger partial charge in [0.1, 0.15) is 5.60 Å². The maximum absolute atomic E-state index is 11.8. The lowest BCUT2D eigenvalue weighted by molar-refractivity contribution is 0.0525. The van der Waals surface area contributed by atoms with E-state index in [0.717, 1.165) is 11.1 Å². The molecule has 1 aromatic heterocycles. The minimum absolute atomic E-state index is 0.0543. The molecule has 1 aromatic carbocycles. The summed E-state index contributed by atoms with van der Waals surface area (Å²) in [5.41, 5.74) is 7.73. The van der Waals surface area contributed by atoms with Gasteiger partial charge >= 0.3 is 6.09 Å². The molecular weight excluding hydrogens is 278 g/mol. The molecule has 2 aromatic rings. The van der Waals surface area contributed by atoms with E-state index >= 15 is 0 Å². The van der Waals surface area contributed by atoms with Gasteiger partial charge in [-0.3, -0.25) is 0 Å². The van der Waals surface area contributed by atoms with Crippen LogP contribution in [-0.2, 0) is 11.8 Å². The number of hydrogen-bond acceptors (Lipinski definition) is 3. The van der Waals surface area contributed by atoms with Crippen LogP contribution in [0.2, 0.25) is 0 Å². The number of fused-ring (bicyclic) bond motifs is 1. The standard InChI is InChI=1S/C17H25N3O2/c1-17(2,3)22-16(21)19-11-12(10-18)13-6-5-7-15-14(13)8-9-20(15)4/h5-9,12H,10-11,18H2,1-4H3,(H,19,21). The highest BCUT2D eigenvalue weighted by Crippen LogP contribution is 2.25. The molecule has 0 aliphatic carbocycles. The summed E-state index contributed by atoms with van der Waals surface area (Å²) in [7, 11) is 2.02. The van der Waals surface area contributed by atoms with Gasteiger partial charge in [-0.15, -0.1) is 0 Å². The zero-order valence-electron chi connectivity index (χ0n) is 13.7. The Kier molecular flexibility index (Phi) is 4.76. The number of amides is 1. The van der Waals surface area contributed by atoms with E-state index in [4.69, 9.17) is 10.5 Å². The lowest BCUT2D eigenvalue weighted by atomic mass is 9.96. The topological polar surface area (TPSA) is 69.3 Å². The normalized spacial score (nSPS) is 13.1. The van der Waals surface area contributed by atoms with E-state index in [1.54, 1.807) is 0 Å². The molecule has 0 aliphatic heterocycles. The third-order valence-electron chi connectivity index (χ3n) is 3.58. The summed E-state index contributed by atoms with van der Waals surface area (Å²) in [5, 5.41) is 3.98. The van der Waals surface area contributed by atoms with Gasteiger partial charge in [-0.1, -0.05) is 12.1 Å². The molecule has 1 amide bonds. The van der Waals surface area contributed by atoms with E-state index in [1.807, 2.05) is 40.1 Å². The zero-order valence-corrected chi connectivity index (χ0v) is 13.7. The van der Waals surface area contributed by atoms with Crippen LogP contribution in [0.4, 0.5) is 4.79 Å². The van der Waals surface area contributed by atoms with E-state index in [2.05, 4.69) is 28.1 Å². The van der Waals surface area contributed by atoms with Crippen molar-refractivity contribution in [2.24, 2.45) is 12.8 Å². The second kappa shape index (κ2) is 6.40. The van der Waals surface area contributed by atoms with Crippen molar-refractivity contribution >= 4 is 17.0 Å². The van der Waals surface area contributed by atoms with Crippen LogP contribution >= 0.6 is 0 Å². The Morgan fingerprint density at radius 3 is 2.73 bits per heavy atom. The maximum atomic E-state index is 11.8. The summed E-state index contributed by atoms with van der Waals surface area (Å²) in [6.45, 7) is 6.45. The van der Waals surface area contributed by atoms with E-state index in [-0.39, 0.29) is 5.92 Å². The minimum atomic E-state index is -0.498. The third kappa shape index (κ3) is 3.80. The predicted octanol–water partition coefficient (Wildman–Crippen LogP) is 2.75. The Morgan fingerprint density at radius 1 is 1.36 bits per heavy atom. The first kappa shape index (κ1) is 16.4. The van der Waals surface area contributed by atoms with Crippen molar-refractivity contribution < 1.29 is 9.53 Å². The monoisotopic (exact) mass is 303 g/mol. The predicted molar refractivity (Wildman–Crippen MR) is 89.0 cm³/mol. The van der Waals surface area contributed by atoms with Crippen LogP contribution in [0.3, 0.4) is 0 Å². The summed E-state index contributed by atoms with van der Waals surface area (Å²) in [6, 6.07) is 8.25. The van der Waals surface area contributed by atoms with E-state index in [0.29, 0.717) is 13.1 Å². The molecule has 1 heterocycles. The maximum Gasteiger partial charge on any atom is 0.407 e. The number of nitrogens with two attached hydrogens (primary N) is 1.